The van der Waals surface area contributed by atoms with Gasteiger partial charge in [-0.15, -0.1) is 0 Å². The lowest BCUT2D eigenvalue weighted by Gasteiger charge is -2.24. The van der Waals surface area contributed by atoms with Crippen LogP contribution >= 0.6 is 0 Å². The zero-order valence-electron chi connectivity index (χ0n) is 18.3. The van der Waals surface area contributed by atoms with Crippen molar-refractivity contribution in [2.45, 2.75) is 71.6 Å². The monoisotopic (exact) mass is 388 g/mol. The topological polar surface area (TPSA) is 9.23 Å². The van der Waals surface area contributed by atoms with Gasteiger partial charge in [0.25, 0.3) is 0 Å². The SMILES string of the molecule is CCCCCCOc1ccc(-c2ccc(C#C[C@H]3CC[C@H](CC)CC3)cc2)cc1. The first-order valence-corrected chi connectivity index (χ1v) is 11.6. The molecule has 0 N–H and O–H groups in total. The Kier molecular flexibility index (Phi) is 8.69. The normalized spacial score (nSPS) is 18.7. The van der Waals surface area contributed by atoms with Crippen LogP contribution in [0.15, 0.2) is 48.5 Å². The molecule has 1 aliphatic carbocycles. The maximum atomic E-state index is 5.85. The van der Waals surface area contributed by atoms with Crippen LogP contribution in [-0.2, 0) is 0 Å². The Morgan fingerprint density at radius 3 is 2.07 bits per heavy atom. The second-order valence-electron chi connectivity index (χ2n) is 8.41. The molecule has 0 bridgehead atoms. The summed E-state index contributed by atoms with van der Waals surface area (Å²) in [4.78, 5) is 0. The summed E-state index contributed by atoms with van der Waals surface area (Å²) in [5.74, 6) is 9.41. The van der Waals surface area contributed by atoms with Gasteiger partial charge in [0.1, 0.15) is 5.75 Å². The molecule has 0 spiro atoms. The molecule has 2 aromatic rings. The van der Waals surface area contributed by atoms with E-state index in [1.807, 2.05) is 0 Å². The van der Waals surface area contributed by atoms with Crippen molar-refractivity contribution in [3.63, 3.8) is 0 Å². The molecule has 154 valence electrons. The van der Waals surface area contributed by atoms with E-state index in [0.29, 0.717) is 5.92 Å². The fourth-order valence-electron chi connectivity index (χ4n) is 4.11. The Labute approximate surface area is 177 Å². The first-order chi connectivity index (χ1) is 14.3. The molecule has 3 rings (SSSR count). The van der Waals surface area contributed by atoms with E-state index in [0.717, 1.165) is 30.3 Å². The maximum absolute atomic E-state index is 5.85. The summed E-state index contributed by atoms with van der Waals surface area (Å²) in [6.07, 6.45) is 11.5. The Balaban J connectivity index is 1.50. The van der Waals surface area contributed by atoms with Crippen molar-refractivity contribution < 1.29 is 4.74 Å². The van der Waals surface area contributed by atoms with E-state index in [4.69, 9.17) is 4.74 Å². The van der Waals surface area contributed by atoms with Crippen molar-refractivity contribution in [3.05, 3.63) is 54.1 Å². The second kappa shape index (κ2) is 11.7. The molecule has 1 nitrogen and oxygen atoms in total. The number of benzene rings is 2. The molecule has 0 radical (unpaired) electrons. The summed E-state index contributed by atoms with van der Waals surface area (Å²) in [6.45, 7) is 5.36. The van der Waals surface area contributed by atoms with Crippen molar-refractivity contribution >= 4 is 0 Å². The molecule has 0 aliphatic heterocycles. The zero-order chi connectivity index (χ0) is 20.3. The largest absolute Gasteiger partial charge is 0.494 e. The standard InChI is InChI=1S/C28H36O/c1-3-5-6-7-22-29-28-20-18-27(19-21-28)26-16-14-25(15-17-26)13-12-24-10-8-23(4-2)9-11-24/h14-21,23-24H,3-11,22H2,1-2H3/t23-,24-. The van der Waals surface area contributed by atoms with Gasteiger partial charge < -0.3 is 4.74 Å². The second-order valence-corrected chi connectivity index (χ2v) is 8.41. The molecule has 29 heavy (non-hydrogen) atoms. The third-order valence-corrected chi connectivity index (χ3v) is 6.18. The highest BCUT2D eigenvalue weighted by atomic mass is 16.5. The molecular weight excluding hydrogens is 352 g/mol. The van der Waals surface area contributed by atoms with Gasteiger partial charge in [-0.2, -0.15) is 0 Å². The smallest absolute Gasteiger partial charge is 0.119 e. The summed E-state index contributed by atoms with van der Waals surface area (Å²) >= 11 is 0. The van der Waals surface area contributed by atoms with Crippen LogP contribution in [0.3, 0.4) is 0 Å². The van der Waals surface area contributed by atoms with Gasteiger partial charge in [-0.3, -0.25) is 0 Å². The van der Waals surface area contributed by atoms with Crippen molar-refractivity contribution in [2.75, 3.05) is 6.61 Å². The van der Waals surface area contributed by atoms with Gasteiger partial charge in [-0.1, -0.05) is 75.6 Å². The Morgan fingerprint density at radius 1 is 0.793 bits per heavy atom. The van der Waals surface area contributed by atoms with Crippen LogP contribution in [0.2, 0.25) is 0 Å². The van der Waals surface area contributed by atoms with E-state index >= 15 is 0 Å². The minimum Gasteiger partial charge on any atom is -0.494 e. The summed E-state index contributed by atoms with van der Waals surface area (Å²) in [7, 11) is 0. The van der Waals surface area contributed by atoms with E-state index < -0.39 is 0 Å². The Bertz CT molecular complexity index is 768. The average molecular weight is 389 g/mol. The minimum absolute atomic E-state index is 0.590. The lowest BCUT2D eigenvalue weighted by Crippen LogP contribution is -2.12. The van der Waals surface area contributed by atoms with Crippen molar-refractivity contribution in [1.82, 2.24) is 0 Å². The average Bonchev–Trinajstić information content (AvgIpc) is 2.79. The van der Waals surface area contributed by atoms with E-state index in [2.05, 4.69) is 74.2 Å². The first-order valence-electron chi connectivity index (χ1n) is 11.6. The maximum Gasteiger partial charge on any atom is 0.119 e. The lowest BCUT2D eigenvalue weighted by molar-refractivity contribution is 0.305. The van der Waals surface area contributed by atoms with E-state index in [1.54, 1.807) is 0 Å². The van der Waals surface area contributed by atoms with Crippen LogP contribution < -0.4 is 4.74 Å². The van der Waals surface area contributed by atoms with Gasteiger partial charge in [0.15, 0.2) is 0 Å². The van der Waals surface area contributed by atoms with Crippen molar-refractivity contribution in [3.8, 4) is 28.7 Å². The molecule has 0 heterocycles. The van der Waals surface area contributed by atoms with Crippen LogP contribution in [0.1, 0.15) is 77.2 Å². The minimum atomic E-state index is 0.590. The van der Waals surface area contributed by atoms with E-state index in [1.165, 1.54) is 62.5 Å². The van der Waals surface area contributed by atoms with Crippen LogP contribution in [-0.4, -0.2) is 6.61 Å². The Hall–Kier alpha value is -2.20. The third-order valence-electron chi connectivity index (χ3n) is 6.18. The predicted octanol–water partition coefficient (Wildman–Crippen LogP) is 7.88. The summed E-state index contributed by atoms with van der Waals surface area (Å²) in [5.41, 5.74) is 3.58. The summed E-state index contributed by atoms with van der Waals surface area (Å²) in [6, 6.07) is 17.1. The summed E-state index contributed by atoms with van der Waals surface area (Å²) < 4.78 is 5.85. The number of hydrogen-bond donors (Lipinski definition) is 0. The quantitative estimate of drug-likeness (QED) is 0.330. The van der Waals surface area contributed by atoms with Gasteiger partial charge in [0, 0.05) is 11.5 Å². The molecular formula is C28H36O. The zero-order valence-corrected chi connectivity index (χ0v) is 18.3. The molecule has 0 aromatic heterocycles. The summed E-state index contributed by atoms with van der Waals surface area (Å²) in [5, 5.41) is 0. The fraction of sp³-hybridized carbons (Fsp3) is 0.500. The van der Waals surface area contributed by atoms with Crippen LogP contribution in [0, 0.1) is 23.7 Å². The highest BCUT2D eigenvalue weighted by Gasteiger charge is 2.17. The highest BCUT2D eigenvalue weighted by Crippen LogP contribution is 2.30. The fourth-order valence-corrected chi connectivity index (χ4v) is 4.11. The third kappa shape index (κ3) is 6.97. The number of hydrogen-bond acceptors (Lipinski definition) is 1. The molecule has 2 aromatic carbocycles. The van der Waals surface area contributed by atoms with Crippen LogP contribution in [0.4, 0.5) is 0 Å². The number of ether oxygens (including phenoxy) is 1. The van der Waals surface area contributed by atoms with Gasteiger partial charge in [-0.25, -0.2) is 0 Å². The van der Waals surface area contributed by atoms with Crippen molar-refractivity contribution in [2.24, 2.45) is 11.8 Å². The Morgan fingerprint density at radius 2 is 1.45 bits per heavy atom. The van der Waals surface area contributed by atoms with Gasteiger partial charge in [-0.05, 0) is 73.4 Å². The van der Waals surface area contributed by atoms with Gasteiger partial charge in [0.2, 0.25) is 0 Å². The number of unbranched alkanes of at least 4 members (excludes halogenated alkanes) is 3. The predicted molar refractivity (Wildman–Crippen MR) is 124 cm³/mol. The molecule has 0 atom stereocenters. The molecule has 1 saturated carbocycles. The van der Waals surface area contributed by atoms with E-state index in [9.17, 15) is 0 Å². The molecule has 1 aliphatic rings. The highest BCUT2D eigenvalue weighted by molar-refractivity contribution is 5.65. The molecule has 0 amide bonds. The van der Waals surface area contributed by atoms with Crippen LogP contribution in [0.5, 0.6) is 5.75 Å². The van der Waals surface area contributed by atoms with Crippen LogP contribution in [0.25, 0.3) is 11.1 Å². The van der Waals surface area contributed by atoms with Gasteiger partial charge >= 0.3 is 0 Å². The van der Waals surface area contributed by atoms with Crippen molar-refractivity contribution in [1.29, 1.82) is 0 Å². The van der Waals surface area contributed by atoms with Gasteiger partial charge in [0.05, 0.1) is 6.61 Å². The number of rotatable bonds is 8. The molecule has 0 saturated heterocycles. The molecule has 1 heteroatoms. The molecule has 1 fully saturated rings. The first kappa shape index (κ1) is 21.5. The lowest BCUT2D eigenvalue weighted by atomic mass is 9.81. The molecule has 0 unspecified atom stereocenters. The van der Waals surface area contributed by atoms with E-state index in [-0.39, 0.29) is 0 Å².